The molecule has 2 aliphatic heterocycles. The Kier molecular flexibility index (Phi) is 4.58. The Hall–Kier alpha value is -2.58. The number of likely N-dealkylation sites (tertiary alicyclic amines) is 1. The predicted octanol–water partition coefficient (Wildman–Crippen LogP) is 5.15. The second-order valence-electron chi connectivity index (χ2n) is 13.0. The minimum Gasteiger partial charge on any atom is -0.508 e. The number of phenolic OH excluding ortho intramolecular Hbond substituents is 1. The maximum Gasteiger partial charge on any atom is 0.416 e. The second-order valence-corrected chi connectivity index (χ2v) is 13.0. The Morgan fingerprint density at radius 3 is 2.67 bits per heavy atom. The lowest BCUT2D eigenvalue weighted by Gasteiger charge is -2.83. The number of rotatable bonds is 3. The third-order valence-corrected chi connectivity index (χ3v) is 11.7. The van der Waals surface area contributed by atoms with Gasteiger partial charge in [0.1, 0.15) is 5.75 Å². The summed E-state index contributed by atoms with van der Waals surface area (Å²) in [6, 6.07) is 11.3. The number of halogens is 3. The lowest BCUT2D eigenvalue weighted by Crippen LogP contribution is -2.95. The van der Waals surface area contributed by atoms with Crippen molar-refractivity contribution in [1.82, 2.24) is 9.80 Å². The zero-order valence-corrected chi connectivity index (χ0v) is 22.2. The first-order valence-corrected chi connectivity index (χ1v) is 14.3. The van der Waals surface area contributed by atoms with Crippen LogP contribution in [0.3, 0.4) is 0 Å². The first-order valence-electron chi connectivity index (χ1n) is 14.3. The third-order valence-electron chi connectivity index (χ3n) is 11.7. The maximum absolute atomic E-state index is 13.7. The molecule has 2 heterocycles. The molecule has 2 spiro atoms. The summed E-state index contributed by atoms with van der Waals surface area (Å²) < 4.78 is 47.3. The number of phenols is 1. The zero-order chi connectivity index (χ0) is 27.1. The molecule has 5 nitrogen and oxygen atoms in total. The highest BCUT2D eigenvalue weighted by Gasteiger charge is 2.94. The van der Waals surface area contributed by atoms with E-state index in [0.717, 1.165) is 37.9 Å². The van der Waals surface area contributed by atoms with Gasteiger partial charge in [-0.25, -0.2) is 0 Å². The summed E-state index contributed by atoms with van der Waals surface area (Å²) in [5.41, 5.74) is 1.01. The van der Waals surface area contributed by atoms with Gasteiger partial charge in [-0.2, -0.15) is 13.2 Å². The zero-order valence-electron chi connectivity index (χ0n) is 22.2. The summed E-state index contributed by atoms with van der Waals surface area (Å²) in [6.07, 6.45) is 1.61. The fourth-order valence-corrected chi connectivity index (χ4v) is 10.5. The molecule has 4 aliphatic carbocycles. The fourth-order valence-electron chi connectivity index (χ4n) is 10.5. The van der Waals surface area contributed by atoms with Crippen molar-refractivity contribution < 1.29 is 27.8 Å². The molecule has 6 unspecified atom stereocenters. The highest BCUT2D eigenvalue weighted by molar-refractivity contribution is 5.94. The number of hydrogen-bond acceptors (Lipinski definition) is 4. The summed E-state index contributed by atoms with van der Waals surface area (Å²) in [5, 5.41) is 10.6. The Labute approximate surface area is 225 Å². The summed E-state index contributed by atoms with van der Waals surface area (Å²) >= 11 is 0. The quantitative estimate of drug-likeness (QED) is 0.588. The number of benzene rings is 2. The number of carbonyl (C=O) groups excluding carboxylic acids is 1. The SMILES string of the molecule is C[C@H]1OC23CCC(N(C)C(=O)c4cccc(C(F)(F)F)c4)C1C21c2cc(O)ccc2CC12CN(C1CCC1)C23. The highest BCUT2D eigenvalue weighted by atomic mass is 19.4. The van der Waals surface area contributed by atoms with Crippen LogP contribution in [0.2, 0.25) is 0 Å². The molecule has 8 rings (SSSR count). The Balaban J connectivity index is 1.22. The Morgan fingerprint density at radius 2 is 1.95 bits per heavy atom. The van der Waals surface area contributed by atoms with Gasteiger partial charge >= 0.3 is 6.18 Å². The average Bonchev–Trinajstić information content (AvgIpc) is 3.17. The van der Waals surface area contributed by atoms with Crippen LogP contribution in [0.1, 0.15) is 66.1 Å². The number of alkyl halides is 3. The fraction of sp³-hybridized carbons (Fsp3) is 0.581. The molecule has 2 aromatic rings. The third kappa shape index (κ3) is 2.60. The smallest absolute Gasteiger partial charge is 0.416 e. The first kappa shape index (κ1) is 24.2. The van der Waals surface area contributed by atoms with Gasteiger partial charge in [-0.1, -0.05) is 18.6 Å². The van der Waals surface area contributed by atoms with Crippen LogP contribution in [-0.4, -0.2) is 64.2 Å². The van der Waals surface area contributed by atoms with Crippen LogP contribution in [0.5, 0.6) is 5.75 Å². The molecule has 2 bridgehead atoms. The van der Waals surface area contributed by atoms with E-state index in [4.69, 9.17) is 4.74 Å². The van der Waals surface area contributed by atoms with Gasteiger partial charge in [0.25, 0.3) is 5.91 Å². The van der Waals surface area contributed by atoms with Crippen molar-refractivity contribution in [3.63, 3.8) is 0 Å². The molecular formula is C31H33F3N2O3. The standard InChI is InChI=1S/C31H33F3N2O3/c1-17-25-24(35(2)26(38)18-5-3-6-20(13-18)31(32,33)34)11-12-29(39-17)27-28(16-36(27)21-7-4-8-21)15-19-9-10-22(37)14-23(19)30(25,28)29/h3,5-6,9-10,13-14,17,21,24-25,27,37H,4,7-8,11-12,15-16H2,1-2H3/t17-,24?,25?,27?,28?,29?,30?/m1/s1. The minimum atomic E-state index is -4.51. The van der Waals surface area contributed by atoms with Crippen LogP contribution in [0.25, 0.3) is 0 Å². The topological polar surface area (TPSA) is 53.0 Å². The van der Waals surface area contributed by atoms with E-state index in [1.54, 1.807) is 18.0 Å². The molecule has 3 saturated carbocycles. The van der Waals surface area contributed by atoms with Crippen LogP contribution >= 0.6 is 0 Å². The van der Waals surface area contributed by atoms with E-state index < -0.39 is 17.6 Å². The van der Waals surface area contributed by atoms with Crippen molar-refractivity contribution in [3.05, 3.63) is 64.7 Å². The maximum atomic E-state index is 13.7. The van der Waals surface area contributed by atoms with Gasteiger partial charge in [-0.15, -0.1) is 0 Å². The van der Waals surface area contributed by atoms with Crippen molar-refractivity contribution in [3.8, 4) is 5.75 Å². The van der Waals surface area contributed by atoms with Crippen LogP contribution in [0.15, 0.2) is 42.5 Å². The molecule has 206 valence electrons. The van der Waals surface area contributed by atoms with E-state index in [0.29, 0.717) is 12.1 Å². The molecule has 2 aromatic carbocycles. The average molecular weight is 539 g/mol. The lowest BCUT2D eigenvalue weighted by molar-refractivity contribution is -0.349. The number of piperidine rings is 1. The number of fused-ring (bicyclic) bond motifs is 1. The van der Waals surface area contributed by atoms with Crippen molar-refractivity contribution in [2.45, 2.75) is 86.9 Å². The largest absolute Gasteiger partial charge is 0.508 e. The molecular weight excluding hydrogens is 505 g/mol. The van der Waals surface area contributed by atoms with Crippen LogP contribution in [0.4, 0.5) is 13.2 Å². The Bertz CT molecular complexity index is 1410. The van der Waals surface area contributed by atoms with Gasteiger partial charge in [0.05, 0.1) is 17.3 Å². The number of carbonyl (C=O) groups is 1. The number of ether oxygens (including phenoxy) is 1. The molecule has 0 radical (unpaired) electrons. The van der Waals surface area contributed by atoms with Gasteiger partial charge < -0.3 is 14.7 Å². The van der Waals surface area contributed by atoms with E-state index >= 15 is 0 Å². The monoisotopic (exact) mass is 538 g/mol. The van der Waals surface area contributed by atoms with Gasteiger partial charge in [-0.3, -0.25) is 9.69 Å². The number of amides is 1. The molecule has 1 N–H and O–H groups in total. The summed E-state index contributed by atoms with van der Waals surface area (Å²) in [7, 11) is 1.74. The van der Waals surface area contributed by atoms with Gasteiger partial charge in [0.15, 0.2) is 0 Å². The van der Waals surface area contributed by atoms with Crippen molar-refractivity contribution in [2.24, 2.45) is 11.3 Å². The highest BCUT2D eigenvalue weighted by Crippen LogP contribution is 2.85. The van der Waals surface area contributed by atoms with Gasteiger partial charge in [-0.05, 0) is 80.5 Å². The van der Waals surface area contributed by atoms with Crippen molar-refractivity contribution in [1.29, 1.82) is 0 Å². The van der Waals surface area contributed by atoms with E-state index in [1.165, 1.54) is 42.5 Å². The Morgan fingerprint density at radius 1 is 1.15 bits per heavy atom. The molecule has 7 atom stereocenters. The second kappa shape index (κ2) is 7.38. The van der Waals surface area contributed by atoms with Crippen LogP contribution < -0.4 is 0 Å². The molecule has 39 heavy (non-hydrogen) atoms. The molecule has 8 heteroatoms. The normalized spacial score (nSPS) is 39.9. The lowest BCUT2D eigenvalue weighted by atomic mass is 9.29. The molecule has 1 amide bonds. The van der Waals surface area contributed by atoms with E-state index in [2.05, 4.69) is 17.9 Å². The first-order chi connectivity index (χ1) is 18.5. The molecule has 2 saturated heterocycles. The molecule has 0 aromatic heterocycles. The van der Waals surface area contributed by atoms with E-state index in [9.17, 15) is 23.1 Å². The summed E-state index contributed by atoms with van der Waals surface area (Å²) in [5.74, 6) is -0.150. The molecule has 6 aliphatic rings. The van der Waals surface area contributed by atoms with Crippen LogP contribution in [0, 0.1) is 11.3 Å². The van der Waals surface area contributed by atoms with Crippen molar-refractivity contribution in [2.75, 3.05) is 13.6 Å². The van der Waals surface area contributed by atoms with E-state index in [1.807, 2.05) is 6.07 Å². The summed E-state index contributed by atoms with van der Waals surface area (Å²) in [4.78, 5) is 18.1. The van der Waals surface area contributed by atoms with Crippen LogP contribution in [-0.2, 0) is 22.7 Å². The number of aromatic hydroxyl groups is 1. The predicted molar refractivity (Wildman–Crippen MR) is 137 cm³/mol. The van der Waals surface area contributed by atoms with Gasteiger partial charge in [0.2, 0.25) is 0 Å². The number of nitrogens with zero attached hydrogens (tertiary/aromatic N) is 2. The van der Waals surface area contributed by atoms with E-state index in [-0.39, 0.29) is 45.8 Å². The summed E-state index contributed by atoms with van der Waals surface area (Å²) in [6.45, 7) is 3.12. The minimum absolute atomic E-state index is 0.00570. The van der Waals surface area contributed by atoms with Crippen molar-refractivity contribution >= 4 is 5.91 Å². The number of hydrogen-bond donors (Lipinski definition) is 1. The molecule has 5 fully saturated rings. The van der Waals surface area contributed by atoms with Gasteiger partial charge in [0, 0.05) is 54.0 Å².